The van der Waals surface area contributed by atoms with E-state index in [2.05, 4.69) is 11.8 Å². The second-order valence-electron chi connectivity index (χ2n) is 5.84. The molecule has 1 heterocycles. The van der Waals surface area contributed by atoms with Crippen LogP contribution in [0.25, 0.3) is 0 Å². The molecule has 1 amide bonds. The third-order valence-corrected chi connectivity index (χ3v) is 3.95. The van der Waals surface area contributed by atoms with Crippen LogP contribution < -0.4 is 5.73 Å². The molecule has 0 aliphatic carbocycles. The molecule has 0 radical (unpaired) electrons. The molecule has 0 aromatic heterocycles. The minimum atomic E-state index is 0.218. The van der Waals surface area contributed by atoms with Gasteiger partial charge in [0, 0.05) is 25.6 Å². The van der Waals surface area contributed by atoms with Gasteiger partial charge in [-0.15, -0.1) is 0 Å². The van der Waals surface area contributed by atoms with E-state index >= 15 is 0 Å². The molecule has 2 unspecified atom stereocenters. The van der Waals surface area contributed by atoms with Gasteiger partial charge >= 0.3 is 0 Å². The molecule has 3 nitrogen and oxygen atoms in total. The highest BCUT2D eigenvalue weighted by molar-refractivity contribution is 5.76. The van der Waals surface area contributed by atoms with E-state index in [-0.39, 0.29) is 6.04 Å². The van der Waals surface area contributed by atoms with Gasteiger partial charge in [0.25, 0.3) is 0 Å². The Morgan fingerprint density at radius 2 is 2.17 bits per heavy atom. The molecule has 0 spiro atoms. The molecule has 1 aliphatic heterocycles. The lowest BCUT2D eigenvalue weighted by Gasteiger charge is -2.21. The number of rotatable bonds is 6. The smallest absolute Gasteiger partial charge is 0.222 e. The van der Waals surface area contributed by atoms with Gasteiger partial charge in [-0.05, 0) is 44.9 Å². The van der Waals surface area contributed by atoms with Gasteiger partial charge in [-0.3, -0.25) is 4.79 Å². The lowest BCUT2D eigenvalue weighted by atomic mass is 9.96. The molecule has 3 heteroatoms. The summed E-state index contributed by atoms with van der Waals surface area (Å²) in [6.07, 6.45) is 8.86. The summed E-state index contributed by atoms with van der Waals surface area (Å²) in [5.41, 5.74) is 5.71. The van der Waals surface area contributed by atoms with Gasteiger partial charge < -0.3 is 10.6 Å². The van der Waals surface area contributed by atoms with Crippen LogP contribution in [0.15, 0.2) is 0 Å². The average Bonchev–Trinajstić information content (AvgIpc) is 2.54. The molecule has 0 saturated carbocycles. The van der Waals surface area contributed by atoms with Crippen LogP contribution >= 0.6 is 0 Å². The van der Waals surface area contributed by atoms with Crippen molar-refractivity contribution in [3.63, 3.8) is 0 Å². The summed E-state index contributed by atoms with van der Waals surface area (Å²) in [6.45, 7) is 6.20. The van der Waals surface area contributed by atoms with E-state index in [1.807, 2.05) is 6.92 Å². The maximum atomic E-state index is 12.1. The summed E-state index contributed by atoms with van der Waals surface area (Å²) in [5, 5.41) is 0. The van der Waals surface area contributed by atoms with Crippen LogP contribution in [0, 0.1) is 5.92 Å². The Kier molecular flexibility index (Phi) is 7.33. The van der Waals surface area contributed by atoms with Gasteiger partial charge in [-0.25, -0.2) is 0 Å². The van der Waals surface area contributed by atoms with Crippen LogP contribution in [0.2, 0.25) is 0 Å². The summed E-state index contributed by atoms with van der Waals surface area (Å²) >= 11 is 0. The Balaban J connectivity index is 2.26. The van der Waals surface area contributed by atoms with E-state index in [1.54, 1.807) is 0 Å². The number of hydrogen-bond acceptors (Lipinski definition) is 2. The van der Waals surface area contributed by atoms with Crippen molar-refractivity contribution in [3.05, 3.63) is 0 Å². The Morgan fingerprint density at radius 3 is 2.83 bits per heavy atom. The van der Waals surface area contributed by atoms with Crippen molar-refractivity contribution in [2.45, 2.75) is 71.3 Å². The van der Waals surface area contributed by atoms with E-state index in [4.69, 9.17) is 5.73 Å². The third-order valence-electron chi connectivity index (χ3n) is 3.95. The molecule has 0 aromatic carbocycles. The Hall–Kier alpha value is -0.570. The van der Waals surface area contributed by atoms with Gasteiger partial charge in [-0.1, -0.05) is 19.8 Å². The molecule has 106 valence electrons. The highest BCUT2D eigenvalue weighted by Crippen LogP contribution is 2.22. The summed E-state index contributed by atoms with van der Waals surface area (Å²) in [6, 6.07) is 0.218. The van der Waals surface area contributed by atoms with Gasteiger partial charge in [0.2, 0.25) is 5.91 Å². The van der Waals surface area contributed by atoms with Crippen molar-refractivity contribution < 1.29 is 4.79 Å². The Bertz CT molecular complexity index is 241. The standard InChI is InChI=1S/C15H30N2O/c1-3-6-14-8-5-11-17(12-10-14)15(18)9-4-7-13(2)16/h13-14H,3-12,16H2,1-2H3. The van der Waals surface area contributed by atoms with Crippen molar-refractivity contribution in [2.24, 2.45) is 11.7 Å². The monoisotopic (exact) mass is 254 g/mol. The van der Waals surface area contributed by atoms with Crippen LogP contribution in [0.4, 0.5) is 0 Å². The van der Waals surface area contributed by atoms with Crippen LogP contribution in [0.5, 0.6) is 0 Å². The Labute approximate surface area is 112 Å². The zero-order chi connectivity index (χ0) is 13.4. The summed E-state index contributed by atoms with van der Waals surface area (Å²) < 4.78 is 0. The maximum Gasteiger partial charge on any atom is 0.222 e. The fourth-order valence-electron chi connectivity index (χ4n) is 2.85. The van der Waals surface area contributed by atoms with Gasteiger partial charge in [-0.2, -0.15) is 0 Å². The van der Waals surface area contributed by atoms with E-state index in [0.29, 0.717) is 12.3 Å². The number of likely N-dealkylation sites (tertiary alicyclic amines) is 1. The number of carbonyl (C=O) groups is 1. The van der Waals surface area contributed by atoms with Crippen LogP contribution in [0.3, 0.4) is 0 Å². The first-order chi connectivity index (χ1) is 8.63. The zero-order valence-corrected chi connectivity index (χ0v) is 12.2. The van der Waals surface area contributed by atoms with Crippen molar-refractivity contribution in [1.82, 2.24) is 4.90 Å². The van der Waals surface area contributed by atoms with Crippen LogP contribution in [0.1, 0.15) is 65.2 Å². The van der Waals surface area contributed by atoms with E-state index in [0.717, 1.165) is 31.8 Å². The molecule has 2 atom stereocenters. The molecule has 2 N–H and O–H groups in total. The molecule has 1 rings (SSSR count). The second-order valence-corrected chi connectivity index (χ2v) is 5.84. The maximum absolute atomic E-state index is 12.1. The lowest BCUT2D eigenvalue weighted by Crippen LogP contribution is -2.32. The molecule has 1 aliphatic rings. The van der Waals surface area contributed by atoms with Crippen LogP contribution in [-0.2, 0) is 4.79 Å². The largest absolute Gasteiger partial charge is 0.343 e. The van der Waals surface area contributed by atoms with E-state index in [9.17, 15) is 4.79 Å². The predicted octanol–water partition coefficient (Wildman–Crippen LogP) is 2.93. The molecule has 1 fully saturated rings. The molecular formula is C15H30N2O. The summed E-state index contributed by atoms with van der Waals surface area (Å²) in [4.78, 5) is 14.2. The molecule has 0 bridgehead atoms. The fraction of sp³-hybridized carbons (Fsp3) is 0.933. The average molecular weight is 254 g/mol. The van der Waals surface area contributed by atoms with E-state index in [1.165, 1.54) is 32.1 Å². The first-order valence-corrected chi connectivity index (χ1v) is 7.66. The minimum Gasteiger partial charge on any atom is -0.343 e. The molecule has 18 heavy (non-hydrogen) atoms. The number of nitrogens with zero attached hydrogens (tertiary/aromatic N) is 1. The first-order valence-electron chi connectivity index (χ1n) is 7.66. The molecule has 1 saturated heterocycles. The van der Waals surface area contributed by atoms with Gasteiger partial charge in [0.1, 0.15) is 0 Å². The quantitative estimate of drug-likeness (QED) is 0.792. The number of nitrogens with two attached hydrogens (primary N) is 1. The fourth-order valence-corrected chi connectivity index (χ4v) is 2.85. The number of amides is 1. The van der Waals surface area contributed by atoms with Crippen molar-refractivity contribution in [1.29, 1.82) is 0 Å². The molecular weight excluding hydrogens is 224 g/mol. The van der Waals surface area contributed by atoms with Crippen molar-refractivity contribution in [3.8, 4) is 0 Å². The summed E-state index contributed by atoms with van der Waals surface area (Å²) in [7, 11) is 0. The SMILES string of the molecule is CCCC1CCCN(C(=O)CCCC(C)N)CC1. The zero-order valence-electron chi connectivity index (χ0n) is 12.2. The minimum absolute atomic E-state index is 0.218. The summed E-state index contributed by atoms with van der Waals surface area (Å²) in [5.74, 6) is 1.18. The second kappa shape index (κ2) is 8.52. The lowest BCUT2D eigenvalue weighted by molar-refractivity contribution is -0.131. The van der Waals surface area contributed by atoms with Gasteiger partial charge in [0.15, 0.2) is 0 Å². The molecule has 0 aromatic rings. The van der Waals surface area contributed by atoms with Crippen molar-refractivity contribution in [2.75, 3.05) is 13.1 Å². The van der Waals surface area contributed by atoms with Crippen LogP contribution in [-0.4, -0.2) is 29.9 Å². The number of carbonyl (C=O) groups excluding carboxylic acids is 1. The van der Waals surface area contributed by atoms with Gasteiger partial charge in [0.05, 0.1) is 0 Å². The van der Waals surface area contributed by atoms with E-state index < -0.39 is 0 Å². The topological polar surface area (TPSA) is 46.3 Å². The van der Waals surface area contributed by atoms with Crippen molar-refractivity contribution >= 4 is 5.91 Å². The first kappa shape index (κ1) is 15.5. The predicted molar refractivity (Wildman–Crippen MR) is 76.3 cm³/mol. The highest BCUT2D eigenvalue weighted by atomic mass is 16.2. The number of hydrogen-bond donors (Lipinski definition) is 1. The normalized spacial score (nSPS) is 22.6. The highest BCUT2D eigenvalue weighted by Gasteiger charge is 2.19. The Morgan fingerprint density at radius 1 is 1.39 bits per heavy atom. The third kappa shape index (κ3) is 5.85.